The van der Waals surface area contributed by atoms with Gasteiger partial charge >= 0.3 is 7.82 Å². The fourth-order valence-corrected chi connectivity index (χ4v) is 6.58. The van der Waals surface area contributed by atoms with E-state index in [0.29, 0.717) is 29.6 Å². The number of phosphoric ester groups is 1. The lowest BCUT2D eigenvalue weighted by Crippen LogP contribution is -2.37. The van der Waals surface area contributed by atoms with Gasteiger partial charge in [0.1, 0.15) is 13.2 Å². The second-order valence-electron chi connectivity index (χ2n) is 11.1. The molecular weight excluding hydrogens is 541 g/mol. The standard InChI is InChI=1S/C28H56NO6PS2/c1-6-8-10-12-14-16-18-20-27(30)37-25-26(24-35-36(32,33)34-23-22-29(3,4)5)38-28(31)21-19-17-15-13-11-9-7-2/h26H,6-25H2,1-5H3/p+1/t26-/m0/s1. The molecule has 10 heteroatoms. The van der Waals surface area contributed by atoms with E-state index in [1.165, 1.54) is 63.1 Å². The lowest BCUT2D eigenvalue weighted by atomic mass is 10.1. The largest absolute Gasteiger partial charge is 0.472 e. The highest BCUT2D eigenvalue weighted by molar-refractivity contribution is 8.17. The Bertz CT molecular complexity index is 660. The molecule has 1 unspecified atom stereocenters. The molecule has 2 atom stereocenters. The van der Waals surface area contributed by atoms with Crippen molar-refractivity contribution in [2.75, 3.05) is 46.7 Å². The lowest BCUT2D eigenvalue weighted by molar-refractivity contribution is -0.870. The Morgan fingerprint density at radius 2 is 1.24 bits per heavy atom. The third-order valence-corrected chi connectivity index (χ3v) is 9.53. The molecule has 0 aliphatic carbocycles. The molecule has 0 aromatic heterocycles. The summed E-state index contributed by atoms with van der Waals surface area (Å²) >= 11 is 2.34. The van der Waals surface area contributed by atoms with Gasteiger partial charge in [-0.3, -0.25) is 18.6 Å². The Morgan fingerprint density at radius 3 is 1.74 bits per heavy atom. The van der Waals surface area contributed by atoms with Gasteiger partial charge in [0.05, 0.1) is 27.7 Å². The Hall–Kier alpha value is 0.110. The van der Waals surface area contributed by atoms with Gasteiger partial charge < -0.3 is 9.38 Å². The van der Waals surface area contributed by atoms with Crippen LogP contribution in [0.5, 0.6) is 0 Å². The maximum atomic E-state index is 12.6. The van der Waals surface area contributed by atoms with Crippen molar-refractivity contribution in [3.63, 3.8) is 0 Å². The summed E-state index contributed by atoms with van der Waals surface area (Å²) < 4.78 is 23.3. The van der Waals surface area contributed by atoms with E-state index in [2.05, 4.69) is 13.8 Å². The van der Waals surface area contributed by atoms with Gasteiger partial charge in [-0.05, 0) is 12.8 Å². The van der Waals surface area contributed by atoms with E-state index in [9.17, 15) is 19.0 Å². The molecule has 0 aromatic rings. The molecule has 0 radical (unpaired) electrons. The normalized spacial score (nSPS) is 14.4. The van der Waals surface area contributed by atoms with Crippen molar-refractivity contribution in [3.8, 4) is 0 Å². The SMILES string of the molecule is CCCCCCCCCC(=O)SC[C@H](COP(=O)(O)OCC[N+](C)(C)C)SC(=O)CCCCCCCCC. The van der Waals surface area contributed by atoms with Crippen LogP contribution in [0.2, 0.25) is 0 Å². The van der Waals surface area contributed by atoms with Gasteiger partial charge in [0.2, 0.25) is 0 Å². The van der Waals surface area contributed by atoms with Gasteiger partial charge in [0.15, 0.2) is 10.2 Å². The van der Waals surface area contributed by atoms with Gasteiger partial charge in [-0.2, -0.15) is 0 Å². The van der Waals surface area contributed by atoms with Gasteiger partial charge in [0.25, 0.3) is 0 Å². The molecule has 0 heterocycles. The summed E-state index contributed by atoms with van der Waals surface area (Å²) in [6.45, 7) is 4.95. The zero-order chi connectivity index (χ0) is 28.7. The van der Waals surface area contributed by atoms with E-state index < -0.39 is 7.82 Å². The highest BCUT2D eigenvalue weighted by Gasteiger charge is 2.26. The molecule has 0 spiro atoms. The lowest BCUT2D eigenvalue weighted by Gasteiger charge is -2.24. The molecule has 0 rings (SSSR count). The Balaban J connectivity index is 4.58. The maximum absolute atomic E-state index is 12.6. The van der Waals surface area contributed by atoms with Crippen LogP contribution in [0.4, 0.5) is 0 Å². The van der Waals surface area contributed by atoms with Crippen LogP contribution in [-0.2, 0) is 23.2 Å². The Kier molecular flexibility index (Phi) is 23.8. The molecular formula is C28H57NO6PS2+. The number of quaternary nitrogens is 1. The monoisotopic (exact) mass is 598 g/mol. The number of thioether (sulfide) groups is 2. The predicted molar refractivity (Wildman–Crippen MR) is 164 cm³/mol. The van der Waals surface area contributed by atoms with Crippen molar-refractivity contribution in [3.05, 3.63) is 0 Å². The number of nitrogens with zero attached hydrogens (tertiary/aromatic N) is 1. The number of hydrogen-bond acceptors (Lipinski definition) is 7. The Labute approximate surface area is 242 Å². The fraction of sp³-hybridized carbons (Fsp3) is 0.929. The van der Waals surface area contributed by atoms with Gasteiger partial charge in [-0.25, -0.2) is 4.57 Å². The zero-order valence-electron chi connectivity index (χ0n) is 24.9. The molecule has 0 fully saturated rings. The summed E-state index contributed by atoms with van der Waals surface area (Å²) in [4.78, 5) is 35.1. The van der Waals surface area contributed by atoms with Crippen molar-refractivity contribution in [2.45, 2.75) is 122 Å². The average Bonchev–Trinajstić information content (AvgIpc) is 2.83. The summed E-state index contributed by atoms with van der Waals surface area (Å²) in [6.07, 6.45) is 17.1. The van der Waals surface area contributed by atoms with Crippen LogP contribution in [0.25, 0.3) is 0 Å². The molecule has 0 aliphatic heterocycles. The van der Waals surface area contributed by atoms with Crippen molar-refractivity contribution in [2.24, 2.45) is 0 Å². The average molecular weight is 599 g/mol. The highest BCUT2D eigenvalue weighted by atomic mass is 32.2. The molecule has 0 aromatic carbocycles. The van der Waals surface area contributed by atoms with Crippen LogP contribution in [0.3, 0.4) is 0 Å². The van der Waals surface area contributed by atoms with E-state index in [4.69, 9.17) is 9.05 Å². The molecule has 0 bridgehead atoms. The number of carbonyl (C=O) groups is 2. The van der Waals surface area contributed by atoms with Gasteiger partial charge in [-0.15, -0.1) is 0 Å². The van der Waals surface area contributed by atoms with Crippen LogP contribution in [0.1, 0.15) is 117 Å². The smallest absolute Gasteiger partial charge is 0.329 e. The van der Waals surface area contributed by atoms with E-state index in [1.54, 1.807) is 0 Å². The molecule has 0 saturated heterocycles. The second-order valence-corrected chi connectivity index (χ2v) is 15.0. The zero-order valence-corrected chi connectivity index (χ0v) is 27.4. The number of rotatable bonds is 26. The second kappa shape index (κ2) is 23.8. The first-order valence-electron chi connectivity index (χ1n) is 14.8. The minimum atomic E-state index is -4.23. The van der Waals surface area contributed by atoms with Crippen molar-refractivity contribution in [1.29, 1.82) is 0 Å². The van der Waals surface area contributed by atoms with Crippen molar-refractivity contribution >= 4 is 41.6 Å². The summed E-state index contributed by atoms with van der Waals surface area (Å²) in [6, 6.07) is 0. The summed E-state index contributed by atoms with van der Waals surface area (Å²) in [5.74, 6) is 0.377. The van der Waals surface area contributed by atoms with E-state index >= 15 is 0 Å². The summed E-state index contributed by atoms with van der Waals surface area (Å²) in [5, 5.41) is -0.224. The molecule has 0 amide bonds. The van der Waals surface area contributed by atoms with Crippen molar-refractivity contribution in [1.82, 2.24) is 0 Å². The topological polar surface area (TPSA) is 89.9 Å². The van der Waals surface area contributed by atoms with Crippen molar-refractivity contribution < 1.29 is 32.6 Å². The summed E-state index contributed by atoms with van der Waals surface area (Å²) in [5.41, 5.74) is 0. The summed E-state index contributed by atoms with van der Waals surface area (Å²) in [7, 11) is 1.68. The number of carbonyl (C=O) groups excluding carboxylic acids is 2. The first kappa shape index (κ1) is 38.1. The number of unbranched alkanes of at least 4 members (excludes halogenated alkanes) is 12. The number of hydrogen-bond donors (Lipinski definition) is 1. The van der Waals surface area contributed by atoms with Crippen LogP contribution < -0.4 is 0 Å². The molecule has 0 saturated carbocycles. The van der Waals surface area contributed by atoms with Crippen LogP contribution in [-0.4, -0.2) is 71.5 Å². The van der Waals surface area contributed by atoms with E-state index in [-0.39, 0.29) is 28.7 Å². The quantitative estimate of drug-likeness (QED) is 0.0609. The van der Waals surface area contributed by atoms with Gasteiger partial charge in [-0.1, -0.05) is 114 Å². The van der Waals surface area contributed by atoms with Crippen LogP contribution >= 0.6 is 31.3 Å². The highest BCUT2D eigenvalue weighted by Crippen LogP contribution is 2.44. The van der Waals surface area contributed by atoms with Crippen LogP contribution in [0.15, 0.2) is 0 Å². The molecule has 1 N–H and O–H groups in total. The first-order chi connectivity index (χ1) is 18.0. The van der Waals surface area contributed by atoms with E-state index in [0.717, 1.165) is 50.3 Å². The maximum Gasteiger partial charge on any atom is 0.472 e. The third kappa shape index (κ3) is 26.3. The minimum absolute atomic E-state index is 0.0472. The molecule has 226 valence electrons. The van der Waals surface area contributed by atoms with E-state index in [1.807, 2.05) is 21.1 Å². The number of phosphoric acid groups is 1. The first-order valence-corrected chi connectivity index (χ1v) is 18.1. The number of likely N-dealkylation sites (N-methyl/N-ethyl adjacent to an activating group) is 1. The third-order valence-electron chi connectivity index (χ3n) is 6.14. The Morgan fingerprint density at radius 1 is 0.763 bits per heavy atom. The molecule has 38 heavy (non-hydrogen) atoms. The fourth-order valence-electron chi connectivity index (χ4n) is 3.72. The predicted octanol–water partition coefficient (Wildman–Crippen LogP) is 8.00. The molecule has 0 aliphatic rings. The van der Waals surface area contributed by atoms with Gasteiger partial charge in [0, 0.05) is 23.8 Å². The minimum Gasteiger partial charge on any atom is -0.329 e. The van der Waals surface area contributed by atoms with Crippen LogP contribution in [0, 0.1) is 0 Å². The molecule has 7 nitrogen and oxygen atoms in total.